The van der Waals surface area contributed by atoms with Gasteiger partial charge in [0.1, 0.15) is 5.78 Å². The molecule has 5 atom stereocenters. The Kier molecular flexibility index (Phi) is 3.70. The van der Waals surface area contributed by atoms with E-state index in [4.69, 9.17) is 0 Å². The van der Waals surface area contributed by atoms with Crippen molar-refractivity contribution in [2.45, 2.75) is 58.4 Å². The highest BCUT2D eigenvalue weighted by atomic mass is 16.2. The van der Waals surface area contributed by atoms with E-state index in [2.05, 4.69) is 25.2 Å². The van der Waals surface area contributed by atoms with E-state index in [0.717, 1.165) is 37.7 Å². The second-order valence-corrected chi connectivity index (χ2v) is 6.73. The van der Waals surface area contributed by atoms with Gasteiger partial charge in [-0.05, 0) is 43.4 Å². The van der Waals surface area contributed by atoms with E-state index < -0.39 is 0 Å². The zero-order valence-corrected chi connectivity index (χ0v) is 12.5. The highest BCUT2D eigenvalue weighted by Crippen LogP contribution is 2.44. The van der Waals surface area contributed by atoms with Crippen LogP contribution in [0.5, 0.6) is 0 Å². The number of hydrogen-bond donors (Lipinski definition) is 1. The average molecular weight is 275 g/mol. The molecule has 0 aromatic carbocycles. The summed E-state index contributed by atoms with van der Waals surface area (Å²) in [7, 11) is 0. The van der Waals surface area contributed by atoms with Gasteiger partial charge in [-0.2, -0.15) is 0 Å². The van der Waals surface area contributed by atoms with Gasteiger partial charge in [0.05, 0.1) is 0 Å². The molecular weight excluding hydrogens is 250 g/mol. The van der Waals surface area contributed by atoms with Crippen molar-refractivity contribution in [1.29, 1.82) is 0 Å². The lowest BCUT2D eigenvalue weighted by Gasteiger charge is -2.30. The molecule has 0 saturated heterocycles. The van der Waals surface area contributed by atoms with Gasteiger partial charge in [-0.3, -0.25) is 9.59 Å². The Labute approximate surface area is 121 Å². The molecule has 0 radical (unpaired) electrons. The minimum Gasteiger partial charge on any atom is -0.349 e. The van der Waals surface area contributed by atoms with Gasteiger partial charge in [0.2, 0.25) is 5.91 Å². The molecule has 2 saturated carbocycles. The molecule has 0 aliphatic heterocycles. The van der Waals surface area contributed by atoms with Crippen molar-refractivity contribution >= 4 is 11.7 Å². The van der Waals surface area contributed by atoms with Crippen LogP contribution in [0.4, 0.5) is 0 Å². The minimum atomic E-state index is 0.105. The number of fused-ring (bicyclic) bond motifs is 1. The molecule has 2 fully saturated rings. The van der Waals surface area contributed by atoms with Crippen LogP contribution in [-0.2, 0) is 9.59 Å². The smallest absolute Gasteiger partial charge is 0.247 e. The summed E-state index contributed by atoms with van der Waals surface area (Å²) in [6, 6.07) is 0.381. The van der Waals surface area contributed by atoms with Crippen LogP contribution in [0.3, 0.4) is 0 Å². The number of allylic oxidation sites excluding steroid dienone is 1. The molecule has 3 nitrogen and oxygen atoms in total. The van der Waals surface area contributed by atoms with Crippen molar-refractivity contribution in [3.05, 3.63) is 11.6 Å². The largest absolute Gasteiger partial charge is 0.349 e. The van der Waals surface area contributed by atoms with Crippen molar-refractivity contribution in [2.75, 3.05) is 0 Å². The first-order valence-electron chi connectivity index (χ1n) is 8.19. The number of hydrogen-bond acceptors (Lipinski definition) is 2. The van der Waals surface area contributed by atoms with Gasteiger partial charge < -0.3 is 5.32 Å². The summed E-state index contributed by atoms with van der Waals surface area (Å²) < 4.78 is 0. The predicted molar refractivity (Wildman–Crippen MR) is 78.0 cm³/mol. The fourth-order valence-corrected chi connectivity index (χ4v) is 4.00. The van der Waals surface area contributed by atoms with Crippen molar-refractivity contribution in [3.63, 3.8) is 0 Å². The quantitative estimate of drug-likeness (QED) is 0.857. The van der Waals surface area contributed by atoms with E-state index in [1.165, 1.54) is 0 Å². The second kappa shape index (κ2) is 5.34. The third-order valence-corrected chi connectivity index (χ3v) is 5.52. The molecule has 3 aliphatic rings. The predicted octanol–water partition coefficient (Wildman–Crippen LogP) is 2.85. The van der Waals surface area contributed by atoms with Crippen molar-refractivity contribution in [3.8, 4) is 0 Å². The van der Waals surface area contributed by atoms with Gasteiger partial charge in [0.25, 0.3) is 0 Å². The average Bonchev–Trinajstić information content (AvgIpc) is 3.11. The van der Waals surface area contributed by atoms with Crippen molar-refractivity contribution in [1.82, 2.24) is 5.32 Å². The van der Waals surface area contributed by atoms with E-state index in [9.17, 15) is 9.59 Å². The number of amides is 1. The number of ketones is 1. The zero-order valence-electron chi connectivity index (χ0n) is 12.5. The molecule has 0 heterocycles. The standard InChI is InChI=1S/C17H25NO2/c1-3-10-7-13-12(5-6-16(13)19)14(8-10)17(20)18-15-9-11(15)4-2/h8,10-13,15H,3-7,9H2,1-2H3,(H,18,20)/t10-,11-,12+,13+,15?/m1/s1. The summed E-state index contributed by atoms with van der Waals surface area (Å²) in [4.78, 5) is 24.5. The number of nitrogens with one attached hydrogen (secondary N) is 1. The summed E-state index contributed by atoms with van der Waals surface area (Å²) >= 11 is 0. The fourth-order valence-electron chi connectivity index (χ4n) is 4.00. The number of rotatable bonds is 4. The Bertz CT molecular complexity index is 454. The van der Waals surface area contributed by atoms with E-state index in [1.54, 1.807) is 0 Å². The molecule has 3 aliphatic carbocycles. The molecule has 3 rings (SSSR count). The number of carbonyl (C=O) groups excluding carboxylic acids is 2. The normalized spacial score (nSPS) is 39.2. The summed E-state index contributed by atoms with van der Waals surface area (Å²) in [5.41, 5.74) is 0.917. The van der Waals surface area contributed by atoms with Gasteiger partial charge in [-0.1, -0.05) is 26.3 Å². The Morgan fingerprint density at radius 3 is 2.70 bits per heavy atom. The van der Waals surface area contributed by atoms with Gasteiger partial charge in [0.15, 0.2) is 0 Å². The molecule has 0 bridgehead atoms. The first-order chi connectivity index (χ1) is 9.63. The number of carbonyl (C=O) groups is 2. The third kappa shape index (κ3) is 2.43. The summed E-state index contributed by atoms with van der Waals surface area (Å²) in [6.45, 7) is 4.32. The van der Waals surface area contributed by atoms with Crippen LogP contribution >= 0.6 is 0 Å². The SMILES string of the molecule is CC[C@H]1C=C(C(=O)NC2C[C@H]2CC)[C@H]2CCC(=O)[C@H]2C1. The third-order valence-electron chi connectivity index (χ3n) is 5.52. The van der Waals surface area contributed by atoms with E-state index >= 15 is 0 Å². The first-order valence-corrected chi connectivity index (χ1v) is 8.19. The number of Topliss-reactive ketones (excluding diaryl/α,β-unsaturated/α-hetero) is 1. The maximum atomic E-state index is 12.5. The Hall–Kier alpha value is -1.12. The Morgan fingerprint density at radius 1 is 1.25 bits per heavy atom. The fraction of sp³-hybridized carbons (Fsp3) is 0.765. The molecule has 3 heteroatoms. The van der Waals surface area contributed by atoms with Crippen LogP contribution in [0.2, 0.25) is 0 Å². The molecule has 0 aromatic heterocycles. The van der Waals surface area contributed by atoms with E-state index in [-0.39, 0.29) is 17.7 Å². The van der Waals surface area contributed by atoms with Crippen LogP contribution in [0.15, 0.2) is 11.6 Å². The summed E-state index contributed by atoms with van der Waals surface area (Å²) in [5, 5.41) is 3.18. The monoisotopic (exact) mass is 275 g/mol. The maximum absolute atomic E-state index is 12.5. The maximum Gasteiger partial charge on any atom is 0.247 e. The Balaban J connectivity index is 1.73. The zero-order chi connectivity index (χ0) is 14.3. The second-order valence-electron chi connectivity index (χ2n) is 6.73. The molecule has 20 heavy (non-hydrogen) atoms. The molecule has 110 valence electrons. The van der Waals surface area contributed by atoms with Crippen LogP contribution < -0.4 is 5.32 Å². The van der Waals surface area contributed by atoms with Crippen molar-refractivity contribution < 1.29 is 9.59 Å². The molecule has 1 unspecified atom stereocenters. The van der Waals surface area contributed by atoms with Crippen LogP contribution in [0.1, 0.15) is 52.4 Å². The van der Waals surface area contributed by atoms with Gasteiger partial charge in [-0.25, -0.2) is 0 Å². The molecule has 0 aromatic rings. The highest BCUT2D eigenvalue weighted by Gasteiger charge is 2.44. The van der Waals surface area contributed by atoms with Crippen LogP contribution in [-0.4, -0.2) is 17.7 Å². The molecule has 1 N–H and O–H groups in total. The van der Waals surface area contributed by atoms with Gasteiger partial charge in [0, 0.05) is 24.0 Å². The summed E-state index contributed by atoms with van der Waals surface area (Å²) in [5.74, 6) is 1.88. The van der Waals surface area contributed by atoms with Crippen LogP contribution in [0, 0.1) is 23.7 Å². The molecule has 1 amide bonds. The molecule has 0 spiro atoms. The minimum absolute atomic E-state index is 0.105. The van der Waals surface area contributed by atoms with E-state index in [0.29, 0.717) is 30.1 Å². The first kappa shape index (κ1) is 13.8. The lowest BCUT2D eigenvalue weighted by molar-refractivity contribution is -0.122. The van der Waals surface area contributed by atoms with Gasteiger partial charge in [-0.15, -0.1) is 0 Å². The summed E-state index contributed by atoms with van der Waals surface area (Å²) in [6.07, 6.45) is 7.95. The topological polar surface area (TPSA) is 46.2 Å². The lowest BCUT2D eigenvalue weighted by atomic mass is 9.75. The highest BCUT2D eigenvalue weighted by molar-refractivity contribution is 5.97. The van der Waals surface area contributed by atoms with Crippen molar-refractivity contribution in [2.24, 2.45) is 23.7 Å². The van der Waals surface area contributed by atoms with E-state index in [1.807, 2.05) is 0 Å². The molecular formula is C17H25NO2. The Morgan fingerprint density at radius 2 is 2.05 bits per heavy atom. The van der Waals surface area contributed by atoms with Gasteiger partial charge >= 0.3 is 0 Å². The lowest BCUT2D eigenvalue weighted by Crippen LogP contribution is -2.35. The van der Waals surface area contributed by atoms with Crippen LogP contribution in [0.25, 0.3) is 0 Å².